The van der Waals surface area contributed by atoms with Crippen molar-refractivity contribution in [2.75, 3.05) is 17.5 Å². The molecule has 0 saturated carbocycles. The van der Waals surface area contributed by atoms with Crippen LogP contribution in [0.3, 0.4) is 0 Å². The first-order valence-electron chi connectivity index (χ1n) is 8.29. The molecule has 0 unspecified atom stereocenters. The second-order valence-corrected chi connectivity index (χ2v) is 7.88. The first kappa shape index (κ1) is 19.9. The van der Waals surface area contributed by atoms with Crippen LogP contribution < -0.4 is 4.31 Å². The lowest BCUT2D eigenvalue weighted by molar-refractivity contribution is -0.141. The Morgan fingerprint density at radius 2 is 1.65 bits per heavy atom. The minimum absolute atomic E-state index is 0.101. The minimum Gasteiger partial charge on any atom is -0.465 e. The van der Waals surface area contributed by atoms with Crippen molar-refractivity contribution in [2.45, 2.75) is 31.6 Å². The highest BCUT2D eigenvalue weighted by Crippen LogP contribution is 2.26. The van der Waals surface area contributed by atoms with E-state index in [2.05, 4.69) is 0 Å². The lowest BCUT2D eigenvalue weighted by atomic mass is 10.0. The van der Waals surface area contributed by atoms with Gasteiger partial charge in [0, 0.05) is 0 Å². The number of sulfonamides is 1. The van der Waals surface area contributed by atoms with Crippen LogP contribution in [0.1, 0.15) is 32.3 Å². The van der Waals surface area contributed by atoms with Gasteiger partial charge in [-0.3, -0.25) is 9.10 Å². The Morgan fingerprint density at radius 1 is 1.08 bits per heavy atom. The van der Waals surface area contributed by atoms with E-state index in [0.29, 0.717) is 5.69 Å². The minimum atomic E-state index is -4.05. The highest BCUT2D eigenvalue weighted by atomic mass is 32.2. The first-order chi connectivity index (χ1) is 12.3. The van der Waals surface area contributed by atoms with Gasteiger partial charge in [-0.25, -0.2) is 12.8 Å². The highest BCUT2D eigenvalue weighted by Gasteiger charge is 2.27. The van der Waals surface area contributed by atoms with Gasteiger partial charge in [-0.15, -0.1) is 0 Å². The van der Waals surface area contributed by atoms with Crippen molar-refractivity contribution in [1.82, 2.24) is 0 Å². The van der Waals surface area contributed by atoms with E-state index in [-0.39, 0.29) is 17.4 Å². The van der Waals surface area contributed by atoms with Crippen molar-refractivity contribution in [1.29, 1.82) is 0 Å². The van der Waals surface area contributed by atoms with Gasteiger partial charge in [0.05, 0.1) is 17.2 Å². The van der Waals surface area contributed by atoms with E-state index in [0.717, 1.165) is 22.0 Å². The lowest BCUT2D eigenvalue weighted by Crippen LogP contribution is -2.36. The van der Waals surface area contributed by atoms with E-state index in [1.54, 1.807) is 19.1 Å². The van der Waals surface area contributed by atoms with Gasteiger partial charge in [-0.1, -0.05) is 26.0 Å². The fourth-order valence-electron chi connectivity index (χ4n) is 2.40. The van der Waals surface area contributed by atoms with E-state index in [9.17, 15) is 17.6 Å². The van der Waals surface area contributed by atoms with Crippen LogP contribution in [0.2, 0.25) is 0 Å². The number of anilines is 1. The molecule has 0 bridgehead atoms. The molecular formula is C19H22FNO4S. The molecule has 0 aromatic heterocycles. The smallest absolute Gasteiger partial charge is 0.326 e. The summed E-state index contributed by atoms with van der Waals surface area (Å²) >= 11 is 0. The Labute approximate surface area is 153 Å². The average molecular weight is 379 g/mol. The van der Waals surface area contributed by atoms with Crippen LogP contribution in [0.15, 0.2) is 53.4 Å². The van der Waals surface area contributed by atoms with Crippen LogP contribution in [0.5, 0.6) is 0 Å². The largest absolute Gasteiger partial charge is 0.465 e. The van der Waals surface area contributed by atoms with Crippen LogP contribution in [-0.4, -0.2) is 27.5 Å². The van der Waals surface area contributed by atoms with Crippen molar-refractivity contribution in [3.8, 4) is 0 Å². The SMILES string of the molecule is CCOC(=O)CN(c1ccc(C(C)C)cc1)S(=O)(=O)c1ccc(F)cc1. The Kier molecular flexibility index (Phi) is 6.37. The second-order valence-electron chi connectivity index (χ2n) is 6.02. The fourth-order valence-corrected chi connectivity index (χ4v) is 3.81. The lowest BCUT2D eigenvalue weighted by Gasteiger charge is -2.24. The molecule has 0 fully saturated rings. The topological polar surface area (TPSA) is 63.7 Å². The van der Waals surface area contributed by atoms with Gasteiger partial charge in [0.2, 0.25) is 0 Å². The molecular weight excluding hydrogens is 357 g/mol. The molecule has 0 amide bonds. The summed E-state index contributed by atoms with van der Waals surface area (Å²) in [5.41, 5.74) is 1.38. The molecule has 0 aliphatic heterocycles. The Balaban J connectivity index is 2.45. The van der Waals surface area contributed by atoms with Gasteiger partial charge in [-0.05, 0) is 54.8 Å². The summed E-state index contributed by atoms with van der Waals surface area (Å²) in [7, 11) is -4.05. The van der Waals surface area contributed by atoms with E-state index in [1.807, 2.05) is 26.0 Å². The number of hydrogen-bond donors (Lipinski definition) is 0. The van der Waals surface area contributed by atoms with Crippen LogP contribution in [0.4, 0.5) is 10.1 Å². The maximum Gasteiger partial charge on any atom is 0.326 e. The number of rotatable bonds is 7. The van der Waals surface area contributed by atoms with E-state index in [4.69, 9.17) is 4.74 Å². The number of nitrogens with zero attached hydrogens (tertiary/aromatic N) is 1. The molecule has 0 saturated heterocycles. The summed E-state index contributed by atoms with van der Waals surface area (Å²) in [4.78, 5) is 11.8. The molecule has 0 spiro atoms. The quantitative estimate of drug-likeness (QED) is 0.688. The number of carbonyl (C=O) groups is 1. The van der Waals surface area contributed by atoms with E-state index < -0.39 is 28.4 Å². The summed E-state index contributed by atoms with van der Waals surface area (Å²) in [5.74, 6) is -0.912. The molecule has 0 N–H and O–H groups in total. The van der Waals surface area contributed by atoms with Crippen molar-refractivity contribution in [2.24, 2.45) is 0 Å². The van der Waals surface area contributed by atoms with Gasteiger partial charge in [0.25, 0.3) is 10.0 Å². The van der Waals surface area contributed by atoms with Gasteiger partial charge >= 0.3 is 5.97 Å². The number of hydrogen-bond acceptors (Lipinski definition) is 4. The molecule has 0 aliphatic carbocycles. The normalized spacial score (nSPS) is 11.4. The van der Waals surface area contributed by atoms with E-state index >= 15 is 0 Å². The number of esters is 1. The molecule has 0 atom stereocenters. The Hall–Kier alpha value is -2.41. The Morgan fingerprint density at radius 3 is 2.15 bits per heavy atom. The van der Waals surface area contributed by atoms with Crippen LogP contribution in [0.25, 0.3) is 0 Å². The summed E-state index contributed by atoms with van der Waals surface area (Å²) in [5, 5.41) is 0. The van der Waals surface area contributed by atoms with Gasteiger partial charge < -0.3 is 4.74 Å². The predicted molar refractivity (Wildman–Crippen MR) is 98.1 cm³/mol. The molecule has 2 aromatic rings. The zero-order valence-electron chi connectivity index (χ0n) is 15.0. The monoisotopic (exact) mass is 379 g/mol. The molecule has 0 aliphatic rings. The first-order valence-corrected chi connectivity index (χ1v) is 9.73. The van der Waals surface area contributed by atoms with Gasteiger partial charge in [0.15, 0.2) is 0 Å². The zero-order valence-corrected chi connectivity index (χ0v) is 15.8. The average Bonchev–Trinajstić information content (AvgIpc) is 2.60. The summed E-state index contributed by atoms with van der Waals surface area (Å²) in [6.45, 7) is 5.39. The van der Waals surface area contributed by atoms with Gasteiger partial charge in [0.1, 0.15) is 12.4 Å². The van der Waals surface area contributed by atoms with E-state index in [1.165, 1.54) is 12.1 Å². The van der Waals surface area contributed by atoms with Crippen molar-refractivity contribution >= 4 is 21.7 Å². The fraction of sp³-hybridized carbons (Fsp3) is 0.316. The molecule has 0 radical (unpaired) electrons. The van der Waals surface area contributed by atoms with Crippen LogP contribution >= 0.6 is 0 Å². The maximum atomic E-state index is 13.1. The number of ether oxygens (including phenoxy) is 1. The molecule has 26 heavy (non-hydrogen) atoms. The maximum absolute atomic E-state index is 13.1. The molecule has 7 heteroatoms. The highest BCUT2D eigenvalue weighted by molar-refractivity contribution is 7.92. The summed E-state index contributed by atoms with van der Waals surface area (Å²) in [6.07, 6.45) is 0. The third-order valence-corrected chi connectivity index (χ3v) is 5.62. The summed E-state index contributed by atoms with van der Waals surface area (Å²) in [6, 6.07) is 11.4. The number of benzene rings is 2. The van der Waals surface area contributed by atoms with Crippen LogP contribution in [-0.2, 0) is 19.6 Å². The number of halogens is 1. The Bertz CT molecular complexity index is 846. The molecule has 2 aromatic carbocycles. The molecule has 2 rings (SSSR count). The van der Waals surface area contributed by atoms with Crippen molar-refractivity contribution < 1.29 is 22.3 Å². The van der Waals surface area contributed by atoms with Crippen molar-refractivity contribution in [3.05, 3.63) is 59.9 Å². The molecule has 0 heterocycles. The standard InChI is InChI=1S/C19H22FNO4S/c1-4-25-19(22)13-21(17-9-5-15(6-10-17)14(2)3)26(23,24)18-11-7-16(20)8-12-18/h5-12,14H,4,13H2,1-3H3. The summed E-state index contributed by atoms with van der Waals surface area (Å²) < 4.78 is 45.0. The molecule has 140 valence electrons. The second kappa shape index (κ2) is 8.31. The van der Waals surface area contributed by atoms with Gasteiger partial charge in [-0.2, -0.15) is 0 Å². The molecule has 5 nitrogen and oxygen atoms in total. The third-order valence-electron chi connectivity index (χ3n) is 3.83. The predicted octanol–water partition coefficient (Wildman–Crippen LogP) is 3.71. The number of carbonyl (C=O) groups excluding carboxylic acids is 1. The zero-order chi connectivity index (χ0) is 19.3. The van der Waals surface area contributed by atoms with Crippen LogP contribution in [0, 0.1) is 5.82 Å². The third kappa shape index (κ3) is 4.60. The van der Waals surface area contributed by atoms with Crippen molar-refractivity contribution in [3.63, 3.8) is 0 Å².